The quantitative estimate of drug-likeness (QED) is 0.769. The Kier molecular flexibility index (Phi) is 6.98. The van der Waals surface area contributed by atoms with Gasteiger partial charge in [-0.2, -0.15) is 0 Å². The van der Waals surface area contributed by atoms with Gasteiger partial charge in [0.25, 0.3) is 5.91 Å². The molecule has 0 spiro atoms. The Balaban J connectivity index is 2.18. The summed E-state index contributed by atoms with van der Waals surface area (Å²) in [5, 5.41) is 2.58. The fourth-order valence-electron chi connectivity index (χ4n) is 2.44. The maximum atomic E-state index is 12.7. The number of hydrogen-bond donors (Lipinski definition) is 1. The van der Waals surface area contributed by atoms with Crippen LogP contribution in [0, 0.1) is 0 Å². The second kappa shape index (κ2) is 9.23. The predicted molar refractivity (Wildman–Crippen MR) is 110 cm³/mol. The molecule has 1 atom stereocenters. The maximum Gasteiger partial charge on any atom is 0.412 e. The molecule has 0 aromatic heterocycles. The number of carbonyl (C=O) groups is 3. The SMILES string of the molecule is CN(C)C(=O)C(OC(=O)c1cccc(NC(=O)OC(C)(C)C)c1)c1ccccc1. The number of anilines is 1. The van der Waals surface area contributed by atoms with Gasteiger partial charge in [0.1, 0.15) is 5.60 Å². The number of nitrogens with one attached hydrogen (secondary N) is 1. The normalized spacial score (nSPS) is 11.9. The zero-order valence-corrected chi connectivity index (χ0v) is 17.3. The van der Waals surface area contributed by atoms with E-state index in [-0.39, 0.29) is 11.5 Å². The Morgan fingerprint density at radius 2 is 1.62 bits per heavy atom. The van der Waals surface area contributed by atoms with Gasteiger partial charge in [-0.1, -0.05) is 36.4 Å². The third kappa shape index (κ3) is 6.64. The average Bonchev–Trinajstić information content (AvgIpc) is 2.64. The van der Waals surface area contributed by atoms with Crippen LogP contribution in [0.2, 0.25) is 0 Å². The highest BCUT2D eigenvalue weighted by Gasteiger charge is 2.27. The number of amides is 2. The van der Waals surface area contributed by atoms with E-state index in [0.29, 0.717) is 11.3 Å². The molecule has 1 N–H and O–H groups in total. The first-order chi connectivity index (χ1) is 13.6. The van der Waals surface area contributed by atoms with Crippen LogP contribution < -0.4 is 5.32 Å². The lowest BCUT2D eigenvalue weighted by Gasteiger charge is -2.21. The van der Waals surface area contributed by atoms with Crippen molar-refractivity contribution in [1.82, 2.24) is 4.90 Å². The molecule has 2 aromatic rings. The third-order valence-corrected chi connectivity index (χ3v) is 3.74. The number of carbonyl (C=O) groups excluding carboxylic acids is 3. The zero-order valence-electron chi connectivity index (χ0n) is 17.3. The van der Waals surface area contributed by atoms with Crippen LogP contribution in [0.3, 0.4) is 0 Å². The third-order valence-electron chi connectivity index (χ3n) is 3.74. The van der Waals surface area contributed by atoms with Crippen molar-refractivity contribution < 1.29 is 23.9 Å². The molecule has 0 fully saturated rings. The van der Waals surface area contributed by atoms with Crippen molar-refractivity contribution in [2.24, 2.45) is 0 Å². The Hall–Kier alpha value is -3.35. The molecule has 0 bridgehead atoms. The van der Waals surface area contributed by atoms with Crippen LogP contribution in [-0.4, -0.2) is 42.6 Å². The van der Waals surface area contributed by atoms with Crippen LogP contribution in [0.1, 0.15) is 42.8 Å². The van der Waals surface area contributed by atoms with Crippen molar-refractivity contribution in [2.75, 3.05) is 19.4 Å². The van der Waals surface area contributed by atoms with E-state index in [4.69, 9.17) is 9.47 Å². The molecular weight excluding hydrogens is 372 g/mol. The summed E-state index contributed by atoms with van der Waals surface area (Å²) in [5.74, 6) is -1.03. The maximum absolute atomic E-state index is 12.7. The van der Waals surface area contributed by atoms with Gasteiger partial charge in [-0.3, -0.25) is 10.1 Å². The van der Waals surface area contributed by atoms with Crippen molar-refractivity contribution in [3.05, 3.63) is 65.7 Å². The smallest absolute Gasteiger partial charge is 0.412 e. The first kappa shape index (κ1) is 21.9. The van der Waals surface area contributed by atoms with E-state index in [1.165, 1.54) is 11.0 Å². The highest BCUT2D eigenvalue weighted by molar-refractivity contribution is 5.94. The Bertz CT molecular complexity index is 872. The lowest BCUT2D eigenvalue weighted by molar-refractivity contribution is -0.138. The molecule has 7 heteroatoms. The molecule has 0 aliphatic carbocycles. The molecule has 0 aliphatic heterocycles. The lowest BCUT2D eigenvalue weighted by atomic mass is 10.1. The average molecular weight is 398 g/mol. The Morgan fingerprint density at radius 3 is 2.21 bits per heavy atom. The number of likely N-dealkylation sites (N-methyl/N-ethyl adjacent to an activating group) is 1. The summed E-state index contributed by atoms with van der Waals surface area (Å²) in [6.07, 6.45) is -1.70. The fraction of sp³-hybridized carbons (Fsp3) is 0.318. The summed E-state index contributed by atoms with van der Waals surface area (Å²) >= 11 is 0. The number of rotatable bonds is 5. The summed E-state index contributed by atoms with van der Waals surface area (Å²) in [5.41, 5.74) is 0.508. The van der Waals surface area contributed by atoms with Crippen molar-refractivity contribution in [3.8, 4) is 0 Å². The van der Waals surface area contributed by atoms with Gasteiger partial charge in [-0.05, 0) is 39.0 Å². The van der Waals surface area contributed by atoms with Gasteiger partial charge in [-0.25, -0.2) is 9.59 Å². The standard InChI is InChI=1S/C22H26N2O5/c1-22(2,3)29-21(27)23-17-13-9-12-16(14-17)20(26)28-18(19(25)24(4)5)15-10-7-6-8-11-15/h6-14,18H,1-5H3,(H,23,27). The second-order valence-electron chi connectivity index (χ2n) is 7.64. The molecule has 0 saturated carbocycles. The minimum Gasteiger partial charge on any atom is -0.444 e. The van der Waals surface area contributed by atoms with Crippen LogP contribution in [0.4, 0.5) is 10.5 Å². The van der Waals surface area contributed by atoms with Crippen LogP contribution in [-0.2, 0) is 14.3 Å². The largest absolute Gasteiger partial charge is 0.444 e. The molecule has 154 valence electrons. The van der Waals surface area contributed by atoms with Crippen LogP contribution >= 0.6 is 0 Å². The molecule has 0 radical (unpaired) electrons. The van der Waals surface area contributed by atoms with Gasteiger partial charge in [-0.15, -0.1) is 0 Å². The number of benzene rings is 2. The Labute approximate surface area is 170 Å². The monoisotopic (exact) mass is 398 g/mol. The molecule has 2 aromatic carbocycles. The molecule has 2 rings (SSSR count). The lowest BCUT2D eigenvalue weighted by Crippen LogP contribution is -2.31. The second-order valence-corrected chi connectivity index (χ2v) is 7.64. The summed E-state index contributed by atoms with van der Waals surface area (Å²) < 4.78 is 10.7. The minimum absolute atomic E-state index is 0.200. The van der Waals surface area contributed by atoms with Crippen molar-refractivity contribution in [2.45, 2.75) is 32.5 Å². The molecular formula is C22H26N2O5. The van der Waals surface area contributed by atoms with E-state index in [1.807, 2.05) is 6.07 Å². The van der Waals surface area contributed by atoms with E-state index in [2.05, 4.69) is 5.32 Å². The molecule has 0 saturated heterocycles. The fourth-order valence-corrected chi connectivity index (χ4v) is 2.44. The summed E-state index contributed by atoms with van der Waals surface area (Å²) in [4.78, 5) is 38.5. The molecule has 2 amide bonds. The minimum atomic E-state index is -1.07. The predicted octanol–water partition coefficient (Wildman–Crippen LogP) is 4.02. The Morgan fingerprint density at radius 1 is 0.966 bits per heavy atom. The van der Waals surface area contributed by atoms with Gasteiger partial charge >= 0.3 is 12.1 Å². The van der Waals surface area contributed by atoms with E-state index in [0.717, 1.165) is 0 Å². The molecule has 1 unspecified atom stereocenters. The van der Waals surface area contributed by atoms with Gasteiger partial charge in [0.15, 0.2) is 0 Å². The van der Waals surface area contributed by atoms with E-state index < -0.39 is 23.8 Å². The van der Waals surface area contributed by atoms with E-state index >= 15 is 0 Å². The number of nitrogens with zero attached hydrogens (tertiary/aromatic N) is 1. The highest BCUT2D eigenvalue weighted by Crippen LogP contribution is 2.22. The molecule has 0 aliphatic rings. The molecule has 7 nitrogen and oxygen atoms in total. The summed E-state index contributed by atoms with van der Waals surface area (Å²) in [7, 11) is 3.19. The van der Waals surface area contributed by atoms with Gasteiger partial charge < -0.3 is 14.4 Å². The summed E-state index contributed by atoms with van der Waals surface area (Å²) in [6, 6.07) is 15.0. The summed E-state index contributed by atoms with van der Waals surface area (Å²) in [6.45, 7) is 5.27. The van der Waals surface area contributed by atoms with E-state index in [1.54, 1.807) is 77.3 Å². The van der Waals surface area contributed by atoms with Crippen LogP contribution in [0.5, 0.6) is 0 Å². The van der Waals surface area contributed by atoms with Crippen molar-refractivity contribution in [3.63, 3.8) is 0 Å². The van der Waals surface area contributed by atoms with Gasteiger partial charge in [0.2, 0.25) is 6.10 Å². The number of ether oxygens (including phenoxy) is 2. The van der Waals surface area contributed by atoms with Crippen molar-refractivity contribution in [1.29, 1.82) is 0 Å². The number of esters is 1. The van der Waals surface area contributed by atoms with Gasteiger partial charge in [0, 0.05) is 25.3 Å². The molecule has 29 heavy (non-hydrogen) atoms. The first-order valence-electron chi connectivity index (χ1n) is 9.14. The van der Waals surface area contributed by atoms with Crippen LogP contribution in [0.15, 0.2) is 54.6 Å². The molecule has 0 heterocycles. The van der Waals surface area contributed by atoms with Crippen LogP contribution in [0.25, 0.3) is 0 Å². The first-order valence-corrected chi connectivity index (χ1v) is 9.14. The van der Waals surface area contributed by atoms with E-state index in [9.17, 15) is 14.4 Å². The van der Waals surface area contributed by atoms with Gasteiger partial charge in [0.05, 0.1) is 5.56 Å². The zero-order chi connectivity index (χ0) is 21.6. The van der Waals surface area contributed by atoms with Crippen molar-refractivity contribution >= 4 is 23.7 Å². The number of hydrogen-bond acceptors (Lipinski definition) is 5. The topological polar surface area (TPSA) is 84.9 Å². The highest BCUT2D eigenvalue weighted by atomic mass is 16.6.